The highest BCUT2D eigenvalue weighted by molar-refractivity contribution is 5.79. The second-order valence-corrected chi connectivity index (χ2v) is 6.82. The van der Waals surface area contributed by atoms with Crippen LogP contribution in [0.3, 0.4) is 0 Å². The fourth-order valence-corrected chi connectivity index (χ4v) is 3.36. The molecule has 7 heteroatoms. The number of hydrogen-bond acceptors (Lipinski definition) is 5. The first-order valence-corrected chi connectivity index (χ1v) is 9.40. The van der Waals surface area contributed by atoms with Crippen LogP contribution in [0.5, 0.6) is 0 Å². The standard InChI is InChI=1S/C22H21FN4O2/c23-17-6-4-16(5-7-17)11-26-20-8-10-24-12-19(20)21-14-29-15-22(28)27(21)13-18-3-1-2-9-25-18/h1-10,12,21H,11,13-15H2,(H,24,26). The zero-order valence-electron chi connectivity index (χ0n) is 15.8. The molecule has 6 nitrogen and oxygen atoms in total. The molecule has 1 N–H and O–H groups in total. The number of halogens is 1. The molecule has 4 rings (SSSR count). The molecular formula is C22H21FN4O2. The lowest BCUT2D eigenvalue weighted by Gasteiger charge is -2.36. The van der Waals surface area contributed by atoms with Crippen LogP contribution < -0.4 is 5.32 Å². The number of ether oxygens (including phenoxy) is 1. The minimum absolute atomic E-state index is 0.0575. The summed E-state index contributed by atoms with van der Waals surface area (Å²) in [7, 11) is 0. The number of carbonyl (C=O) groups is 1. The van der Waals surface area contributed by atoms with Crippen LogP contribution in [-0.4, -0.2) is 34.0 Å². The maximum Gasteiger partial charge on any atom is 0.249 e. The molecular weight excluding hydrogens is 371 g/mol. The Morgan fingerprint density at radius 1 is 1.14 bits per heavy atom. The Morgan fingerprint density at radius 2 is 2.00 bits per heavy atom. The molecule has 3 aromatic rings. The van der Waals surface area contributed by atoms with E-state index in [1.54, 1.807) is 35.6 Å². The zero-order valence-corrected chi connectivity index (χ0v) is 15.8. The maximum atomic E-state index is 13.1. The number of benzene rings is 1. The summed E-state index contributed by atoms with van der Waals surface area (Å²) in [5.74, 6) is -0.346. The van der Waals surface area contributed by atoms with E-state index < -0.39 is 0 Å². The number of anilines is 1. The Kier molecular flexibility index (Phi) is 5.76. The van der Waals surface area contributed by atoms with Crippen molar-refractivity contribution in [3.63, 3.8) is 0 Å². The molecule has 1 aromatic carbocycles. The van der Waals surface area contributed by atoms with Gasteiger partial charge in [0.25, 0.3) is 0 Å². The first kappa shape index (κ1) is 19.0. The number of aromatic nitrogens is 2. The predicted molar refractivity (Wildman–Crippen MR) is 106 cm³/mol. The van der Waals surface area contributed by atoms with E-state index in [0.717, 1.165) is 22.5 Å². The second kappa shape index (κ2) is 8.79. The summed E-state index contributed by atoms with van der Waals surface area (Å²) in [5.41, 5.74) is 3.50. The normalized spacial score (nSPS) is 16.7. The monoisotopic (exact) mass is 392 g/mol. The summed E-state index contributed by atoms with van der Waals surface area (Å²) in [4.78, 5) is 23.0. The van der Waals surface area contributed by atoms with Gasteiger partial charge < -0.3 is 15.0 Å². The molecule has 1 aliphatic rings. The van der Waals surface area contributed by atoms with E-state index >= 15 is 0 Å². The third-order valence-corrected chi connectivity index (χ3v) is 4.86. The molecule has 1 amide bonds. The van der Waals surface area contributed by atoms with Gasteiger partial charge in [0.1, 0.15) is 12.4 Å². The highest BCUT2D eigenvalue weighted by atomic mass is 19.1. The summed E-state index contributed by atoms with van der Waals surface area (Å²) >= 11 is 0. The Bertz CT molecular complexity index is 966. The van der Waals surface area contributed by atoms with Gasteiger partial charge in [-0.2, -0.15) is 0 Å². The van der Waals surface area contributed by atoms with Gasteiger partial charge in [-0.3, -0.25) is 14.8 Å². The fourth-order valence-electron chi connectivity index (χ4n) is 3.36. The maximum absolute atomic E-state index is 13.1. The van der Waals surface area contributed by atoms with E-state index in [-0.39, 0.29) is 24.4 Å². The lowest BCUT2D eigenvalue weighted by molar-refractivity contribution is -0.149. The molecule has 1 fully saturated rings. The molecule has 0 radical (unpaired) electrons. The lowest BCUT2D eigenvalue weighted by atomic mass is 10.0. The van der Waals surface area contributed by atoms with E-state index in [0.29, 0.717) is 19.7 Å². The molecule has 1 aliphatic heterocycles. The molecule has 1 saturated heterocycles. The number of pyridine rings is 2. The second-order valence-electron chi connectivity index (χ2n) is 6.82. The quantitative estimate of drug-likeness (QED) is 0.697. The number of hydrogen-bond donors (Lipinski definition) is 1. The van der Waals surface area contributed by atoms with Crippen molar-refractivity contribution >= 4 is 11.6 Å². The molecule has 0 saturated carbocycles. The minimum atomic E-state index is -0.275. The van der Waals surface area contributed by atoms with Crippen LogP contribution in [0.25, 0.3) is 0 Å². The molecule has 0 aliphatic carbocycles. The molecule has 0 spiro atoms. The SMILES string of the molecule is O=C1COCC(c2cnccc2NCc2ccc(F)cc2)N1Cc1ccccn1. The third kappa shape index (κ3) is 4.57. The van der Waals surface area contributed by atoms with Crippen molar-refractivity contribution < 1.29 is 13.9 Å². The smallest absolute Gasteiger partial charge is 0.249 e. The largest absolute Gasteiger partial charge is 0.381 e. The van der Waals surface area contributed by atoms with Gasteiger partial charge >= 0.3 is 0 Å². The molecule has 1 atom stereocenters. The summed E-state index contributed by atoms with van der Waals surface area (Å²) in [6.45, 7) is 1.37. The molecule has 0 bridgehead atoms. The van der Waals surface area contributed by atoms with E-state index in [2.05, 4.69) is 15.3 Å². The minimum Gasteiger partial charge on any atom is -0.381 e. The van der Waals surface area contributed by atoms with Gasteiger partial charge in [-0.05, 0) is 35.9 Å². The van der Waals surface area contributed by atoms with Gasteiger partial charge in [0.05, 0.1) is 24.9 Å². The average Bonchev–Trinajstić information content (AvgIpc) is 2.76. The number of carbonyl (C=O) groups excluding carboxylic acids is 1. The highest BCUT2D eigenvalue weighted by Crippen LogP contribution is 2.31. The Balaban J connectivity index is 1.56. The number of rotatable bonds is 6. The van der Waals surface area contributed by atoms with Crippen LogP contribution in [0.15, 0.2) is 67.1 Å². The van der Waals surface area contributed by atoms with Crippen molar-refractivity contribution in [2.24, 2.45) is 0 Å². The Labute approximate surface area is 168 Å². The number of amides is 1. The fraction of sp³-hybridized carbons (Fsp3) is 0.227. The topological polar surface area (TPSA) is 67.3 Å². The highest BCUT2D eigenvalue weighted by Gasteiger charge is 2.32. The predicted octanol–water partition coefficient (Wildman–Crippen LogP) is 3.33. The van der Waals surface area contributed by atoms with Gasteiger partial charge in [-0.25, -0.2) is 4.39 Å². The number of nitrogens with zero attached hydrogens (tertiary/aromatic N) is 3. The first-order valence-electron chi connectivity index (χ1n) is 9.40. The van der Waals surface area contributed by atoms with Crippen LogP contribution in [0.1, 0.15) is 22.9 Å². The summed E-state index contributed by atoms with van der Waals surface area (Å²) in [5, 5.41) is 3.37. The Hall–Kier alpha value is -3.32. The number of morpholine rings is 1. The van der Waals surface area contributed by atoms with Gasteiger partial charge in [0, 0.05) is 36.4 Å². The van der Waals surface area contributed by atoms with E-state index in [1.807, 2.05) is 24.3 Å². The molecule has 29 heavy (non-hydrogen) atoms. The van der Waals surface area contributed by atoms with E-state index in [4.69, 9.17) is 4.74 Å². The zero-order chi connectivity index (χ0) is 20.1. The molecule has 3 heterocycles. The average molecular weight is 392 g/mol. The van der Waals surface area contributed by atoms with Crippen LogP contribution in [-0.2, 0) is 22.6 Å². The first-order chi connectivity index (χ1) is 14.2. The summed E-state index contributed by atoms with van der Waals surface area (Å²) in [6, 6.07) is 13.6. The molecule has 1 unspecified atom stereocenters. The van der Waals surface area contributed by atoms with Crippen molar-refractivity contribution in [3.8, 4) is 0 Å². The van der Waals surface area contributed by atoms with E-state index in [1.165, 1.54) is 12.1 Å². The van der Waals surface area contributed by atoms with Crippen molar-refractivity contribution in [1.29, 1.82) is 0 Å². The van der Waals surface area contributed by atoms with E-state index in [9.17, 15) is 9.18 Å². The van der Waals surface area contributed by atoms with Gasteiger partial charge in [-0.15, -0.1) is 0 Å². The van der Waals surface area contributed by atoms with Gasteiger partial charge in [0.15, 0.2) is 0 Å². The van der Waals surface area contributed by atoms with Crippen molar-refractivity contribution in [2.45, 2.75) is 19.1 Å². The molecule has 2 aromatic heterocycles. The Morgan fingerprint density at radius 3 is 2.79 bits per heavy atom. The molecule has 148 valence electrons. The van der Waals surface area contributed by atoms with Crippen molar-refractivity contribution in [3.05, 3.63) is 89.8 Å². The van der Waals surface area contributed by atoms with Gasteiger partial charge in [-0.1, -0.05) is 18.2 Å². The van der Waals surface area contributed by atoms with Crippen LogP contribution in [0.2, 0.25) is 0 Å². The van der Waals surface area contributed by atoms with Crippen LogP contribution in [0, 0.1) is 5.82 Å². The summed E-state index contributed by atoms with van der Waals surface area (Å²) in [6.07, 6.45) is 5.17. The van der Waals surface area contributed by atoms with Crippen LogP contribution >= 0.6 is 0 Å². The van der Waals surface area contributed by atoms with Crippen LogP contribution in [0.4, 0.5) is 10.1 Å². The van der Waals surface area contributed by atoms with Crippen molar-refractivity contribution in [2.75, 3.05) is 18.5 Å². The third-order valence-electron chi connectivity index (χ3n) is 4.86. The van der Waals surface area contributed by atoms with Crippen molar-refractivity contribution in [1.82, 2.24) is 14.9 Å². The number of nitrogens with one attached hydrogen (secondary N) is 1. The van der Waals surface area contributed by atoms with Gasteiger partial charge in [0.2, 0.25) is 5.91 Å². The summed E-state index contributed by atoms with van der Waals surface area (Å²) < 4.78 is 18.7. The lowest BCUT2D eigenvalue weighted by Crippen LogP contribution is -2.44.